The van der Waals surface area contributed by atoms with E-state index in [1.54, 1.807) is 12.1 Å². The molecule has 0 spiro atoms. The molecule has 0 fully saturated rings. The molecular formula is C20H18O10. The number of rotatable bonds is 11. The molecule has 2 atom stereocenters. The van der Waals surface area contributed by atoms with Gasteiger partial charge in [0, 0.05) is 0 Å². The molecule has 2 rings (SSSR count). The fraction of sp³-hybridized carbons (Fsp3) is 0.200. The Hall–Kier alpha value is -4.08. The van der Waals surface area contributed by atoms with Crippen LogP contribution in [0.2, 0.25) is 0 Å². The lowest BCUT2D eigenvalue weighted by Gasteiger charge is -2.42. The molecule has 0 bridgehead atoms. The Morgan fingerprint density at radius 1 is 0.600 bits per heavy atom. The molecule has 30 heavy (non-hydrogen) atoms. The average Bonchev–Trinajstić information content (AvgIpc) is 2.67. The van der Waals surface area contributed by atoms with Gasteiger partial charge in [0.05, 0.1) is 0 Å². The summed E-state index contributed by atoms with van der Waals surface area (Å²) in [5.41, 5.74) is -6.28. The quantitative estimate of drug-likeness (QED) is 0.422. The highest BCUT2D eigenvalue weighted by Gasteiger charge is 2.69. The van der Waals surface area contributed by atoms with Crippen LogP contribution in [0.15, 0.2) is 60.7 Å². The van der Waals surface area contributed by atoms with Gasteiger partial charge in [0.1, 0.15) is 24.3 Å². The monoisotopic (exact) mass is 418 g/mol. The zero-order valence-electron chi connectivity index (χ0n) is 15.4. The van der Waals surface area contributed by atoms with Crippen LogP contribution < -0.4 is 9.47 Å². The number of hydrogen-bond donors (Lipinski definition) is 4. The third kappa shape index (κ3) is 4.49. The maximum Gasteiger partial charge on any atom is 0.353 e. The first-order valence-corrected chi connectivity index (χ1v) is 8.51. The minimum Gasteiger partial charge on any atom is -0.481 e. The Labute approximate surface area is 169 Å². The van der Waals surface area contributed by atoms with E-state index >= 15 is 0 Å². The van der Waals surface area contributed by atoms with Crippen molar-refractivity contribution in [3.63, 3.8) is 0 Å². The predicted molar refractivity (Wildman–Crippen MR) is 99.4 cm³/mol. The minimum atomic E-state index is -3.14. The van der Waals surface area contributed by atoms with E-state index in [2.05, 4.69) is 0 Å². The largest absolute Gasteiger partial charge is 0.481 e. The summed E-state index contributed by atoms with van der Waals surface area (Å²) in [7, 11) is 0. The van der Waals surface area contributed by atoms with E-state index in [4.69, 9.17) is 9.47 Å². The van der Waals surface area contributed by atoms with E-state index in [1.807, 2.05) is 0 Å². The standard InChI is InChI=1S/C20H18O10/c21-15(22)11-19(17(25)26,29-13-7-3-1-4-8-13)20(18(27)28,12-16(23)24)30-14-9-5-2-6-10-14/h1-10H,11-12H2,(H,21,22)(H,23,24)(H,25,26)(H,27,28). The number of carbonyl (C=O) groups is 4. The molecule has 10 nitrogen and oxygen atoms in total. The molecule has 2 aromatic carbocycles. The minimum absolute atomic E-state index is 0.186. The fourth-order valence-corrected chi connectivity index (χ4v) is 2.91. The Morgan fingerprint density at radius 2 is 0.900 bits per heavy atom. The number of benzene rings is 2. The second kappa shape index (κ2) is 8.95. The first kappa shape index (κ1) is 22.2. The summed E-state index contributed by atoms with van der Waals surface area (Å²) in [5.74, 6) is -7.88. The maximum atomic E-state index is 12.4. The topological polar surface area (TPSA) is 168 Å². The van der Waals surface area contributed by atoms with Crippen molar-refractivity contribution in [2.75, 3.05) is 0 Å². The Morgan fingerprint density at radius 3 is 1.13 bits per heavy atom. The van der Waals surface area contributed by atoms with E-state index < -0.39 is 47.9 Å². The van der Waals surface area contributed by atoms with Crippen molar-refractivity contribution < 1.29 is 49.1 Å². The van der Waals surface area contributed by atoms with Crippen molar-refractivity contribution in [2.24, 2.45) is 0 Å². The lowest BCUT2D eigenvalue weighted by Crippen LogP contribution is -2.71. The predicted octanol–water partition coefficient (Wildman–Crippen LogP) is 1.74. The highest BCUT2D eigenvalue weighted by atomic mass is 16.6. The Bertz CT molecular complexity index is 850. The summed E-state index contributed by atoms with van der Waals surface area (Å²) in [6.45, 7) is 0. The van der Waals surface area contributed by atoms with Gasteiger partial charge in [-0.2, -0.15) is 0 Å². The number of aliphatic carboxylic acids is 4. The molecule has 0 aliphatic heterocycles. The second-order valence-electron chi connectivity index (χ2n) is 6.24. The van der Waals surface area contributed by atoms with Gasteiger partial charge in [0.2, 0.25) is 0 Å². The smallest absolute Gasteiger partial charge is 0.353 e. The van der Waals surface area contributed by atoms with Crippen LogP contribution in [0.3, 0.4) is 0 Å². The lowest BCUT2D eigenvalue weighted by atomic mass is 9.76. The third-order valence-electron chi connectivity index (χ3n) is 4.21. The van der Waals surface area contributed by atoms with Gasteiger partial charge in [-0.3, -0.25) is 9.59 Å². The fourth-order valence-electron chi connectivity index (χ4n) is 2.91. The van der Waals surface area contributed by atoms with Crippen molar-refractivity contribution in [3.05, 3.63) is 60.7 Å². The number of hydrogen-bond acceptors (Lipinski definition) is 6. The van der Waals surface area contributed by atoms with Crippen LogP contribution in [-0.4, -0.2) is 55.5 Å². The number of para-hydroxylation sites is 2. The molecule has 10 heteroatoms. The van der Waals surface area contributed by atoms with Crippen LogP contribution in [0.5, 0.6) is 11.5 Å². The van der Waals surface area contributed by atoms with Gasteiger partial charge in [0.15, 0.2) is 0 Å². The number of carboxylic acids is 4. The lowest BCUT2D eigenvalue weighted by molar-refractivity contribution is -0.202. The third-order valence-corrected chi connectivity index (χ3v) is 4.21. The van der Waals surface area contributed by atoms with E-state index in [0.717, 1.165) is 0 Å². The SMILES string of the molecule is O=C(O)CC(Oc1ccccc1)(C(=O)O)C(CC(=O)O)(Oc1ccccc1)C(=O)O. The Balaban J connectivity index is 2.80. The number of ether oxygens (including phenoxy) is 2. The van der Waals surface area contributed by atoms with Crippen molar-refractivity contribution in [2.45, 2.75) is 24.0 Å². The molecule has 2 unspecified atom stereocenters. The van der Waals surface area contributed by atoms with Crippen LogP contribution in [0.4, 0.5) is 0 Å². The summed E-state index contributed by atoms with van der Waals surface area (Å²) in [5, 5.41) is 38.7. The summed E-state index contributed by atoms with van der Waals surface area (Å²) < 4.78 is 10.8. The molecule has 0 saturated heterocycles. The molecule has 158 valence electrons. The average molecular weight is 418 g/mol. The molecule has 0 aliphatic carbocycles. The molecular weight excluding hydrogens is 400 g/mol. The second-order valence-corrected chi connectivity index (χ2v) is 6.24. The van der Waals surface area contributed by atoms with E-state index in [1.165, 1.54) is 48.5 Å². The van der Waals surface area contributed by atoms with Gasteiger partial charge >= 0.3 is 23.9 Å². The molecule has 0 aliphatic rings. The zero-order chi connectivity index (χ0) is 22.4. The van der Waals surface area contributed by atoms with Gasteiger partial charge < -0.3 is 29.9 Å². The first-order chi connectivity index (χ1) is 14.1. The number of carboxylic acid groups (broad SMARTS) is 4. The van der Waals surface area contributed by atoms with Crippen LogP contribution in [-0.2, 0) is 19.2 Å². The van der Waals surface area contributed by atoms with Crippen LogP contribution in [0.1, 0.15) is 12.8 Å². The van der Waals surface area contributed by atoms with Gasteiger partial charge in [-0.05, 0) is 24.3 Å². The van der Waals surface area contributed by atoms with Gasteiger partial charge in [0.25, 0.3) is 11.2 Å². The van der Waals surface area contributed by atoms with Crippen molar-refractivity contribution in [1.29, 1.82) is 0 Å². The normalized spacial score (nSPS) is 14.5. The molecule has 2 aromatic rings. The Kier molecular flexibility index (Phi) is 6.62. The van der Waals surface area contributed by atoms with Gasteiger partial charge in [-0.1, -0.05) is 36.4 Å². The van der Waals surface area contributed by atoms with Crippen molar-refractivity contribution >= 4 is 23.9 Å². The summed E-state index contributed by atoms with van der Waals surface area (Å²) >= 11 is 0. The maximum absolute atomic E-state index is 12.4. The molecule has 0 amide bonds. The summed E-state index contributed by atoms with van der Waals surface area (Å²) in [4.78, 5) is 47.9. The van der Waals surface area contributed by atoms with Gasteiger partial charge in [-0.15, -0.1) is 0 Å². The van der Waals surface area contributed by atoms with E-state index in [-0.39, 0.29) is 11.5 Å². The summed E-state index contributed by atoms with van der Waals surface area (Å²) in [6, 6.07) is 14.0. The molecule has 0 aromatic heterocycles. The molecule has 0 heterocycles. The van der Waals surface area contributed by atoms with E-state index in [0.29, 0.717) is 0 Å². The zero-order valence-corrected chi connectivity index (χ0v) is 15.4. The van der Waals surface area contributed by atoms with Crippen LogP contribution in [0, 0.1) is 0 Å². The van der Waals surface area contributed by atoms with Crippen LogP contribution >= 0.6 is 0 Å². The molecule has 0 radical (unpaired) electrons. The first-order valence-electron chi connectivity index (χ1n) is 8.51. The molecule has 4 N–H and O–H groups in total. The van der Waals surface area contributed by atoms with E-state index in [9.17, 15) is 39.6 Å². The highest BCUT2D eigenvalue weighted by Crippen LogP contribution is 2.39. The van der Waals surface area contributed by atoms with Crippen molar-refractivity contribution in [1.82, 2.24) is 0 Å². The van der Waals surface area contributed by atoms with Crippen LogP contribution in [0.25, 0.3) is 0 Å². The molecule has 0 saturated carbocycles. The van der Waals surface area contributed by atoms with Crippen molar-refractivity contribution in [3.8, 4) is 11.5 Å². The summed E-state index contributed by atoms with van der Waals surface area (Å²) in [6.07, 6.45) is -2.80. The van der Waals surface area contributed by atoms with Gasteiger partial charge in [-0.25, -0.2) is 9.59 Å². The highest BCUT2D eigenvalue weighted by molar-refractivity contribution is 5.97.